The van der Waals surface area contributed by atoms with Crippen LogP contribution in [0.25, 0.3) is 0 Å². The molecule has 1 heterocycles. The van der Waals surface area contributed by atoms with E-state index in [1.165, 1.54) is 11.8 Å². The number of aliphatic carboxylic acids is 1. The van der Waals surface area contributed by atoms with Gasteiger partial charge in [-0.25, -0.2) is 20.1 Å². The number of nitrogens with zero attached hydrogens (tertiary/aromatic N) is 1. The van der Waals surface area contributed by atoms with Crippen molar-refractivity contribution in [1.82, 2.24) is 26.6 Å². The number of carbonyl (C=O) groups is 7. The summed E-state index contributed by atoms with van der Waals surface area (Å²) in [6.45, 7) is 10.6. The molecular formula is C25H38N5O10. The van der Waals surface area contributed by atoms with Gasteiger partial charge in [-0.15, -0.1) is 0 Å². The number of hydrogen-bond donors (Lipinski definition) is 4. The van der Waals surface area contributed by atoms with E-state index in [1.807, 2.05) is 0 Å². The van der Waals surface area contributed by atoms with Crippen LogP contribution in [0.3, 0.4) is 0 Å². The SMILES string of the molecule is CC(OC(=O)C(C)OC(=O)C1CCCN1C(=O)C(NC(=O)[CH]NC(=O)C(NC(=O)[CH][NH])C(C)C)C(C)C)C(=O)O. The molecule has 15 nitrogen and oxygen atoms in total. The Morgan fingerprint density at radius 1 is 0.875 bits per heavy atom. The second-order valence-electron chi connectivity index (χ2n) is 9.94. The van der Waals surface area contributed by atoms with Crippen molar-refractivity contribution in [2.75, 3.05) is 6.54 Å². The van der Waals surface area contributed by atoms with Crippen LogP contribution in [-0.2, 0) is 43.0 Å². The maximum atomic E-state index is 13.3. The van der Waals surface area contributed by atoms with Gasteiger partial charge in [0.25, 0.3) is 0 Å². The minimum Gasteiger partial charge on any atom is -0.479 e. The highest BCUT2D eigenvalue weighted by Crippen LogP contribution is 2.22. The lowest BCUT2D eigenvalue weighted by Crippen LogP contribution is -2.55. The summed E-state index contributed by atoms with van der Waals surface area (Å²) < 4.78 is 9.84. The molecule has 1 fully saturated rings. The third kappa shape index (κ3) is 10.1. The van der Waals surface area contributed by atoms with Gasteiger partial charge in [0.2, 0.25) is 23.6 Å². The number of hydrogen-bond acceptors (Lipinski definition) is 9. The lowest BCUT2D eigenvalue weighted by atomic mass is 10.0. The van der Waals surface area contributed by atoms with E-state index in [-0.39, 0.29) is 18.9 Å². The third-order valence-electron chi connectivity index (χ3n) is 6.03. The molecule has 1 aliphatic heterocycles. The van der Waals surface area contributed by atoms with Crippen LogP contribution >= 0.6 is 0 Å². The number of esters is 2. The fourth-order valence-corrected chi connectivity index (χ4v) is 3.74. The second-order valence-corrected chi connectivity index (χ2v) is 9.94. The molecule has 40 heavy (non-hydrogen) atoms. The zero-order valence-corrected chi connectivity index (χ0v) is 23.4. The Kier molecular flexibility index (Phi) is 13.5. The molecule has 5 atom stereocenters. The zero-order chi connectivity index (χ0) is 30.7. The molecule has 5 unspecified atom stereocenters. The molecular weight excluding hydrogens is 530 g/mol. The first-order valence-corrected chi connectivity index (χ1v) is 12.8. The molecule has 1 aliphatic rings. The molecule has 0 aromatic rings. The van der Waals surface area contributed by atoms with Crippen molar-refractivity contribution in [2.45, 2.75) is 84.7 Å². The molecule has 15 heteroatoms. The van der Waals surface area contributed by atoms with Crippen LogP contribution in [0.2, 0.25) is 0 Å². The van der Waals surface area contributed by atoms with Crippen LogP contribution in [0.4, 0.5) is 0 Å². The van der Waals surface area contributed by atoms with Gasteiger partial charge in [-0.05, 0) is 38.5 Å². The molecule has 0 spiro atoms. The van der Waals surface area contributed by atoms with E-state index >= 15 is 0 Å². The van der Waals surface area contributed by atoms with Gasteiger partial charge in [-0.1, -0.05) is 27.7 Å². The summed E-state index contributed by atoms with van der Waals surface area (Å²) in [6, 6.07) is -3.12. The number of carbonyl (C=O) groups excluding carboxylic acids is 6. The molecule has 3 radical (unpaired) electrons. The van der Waals surface area contributed by atoms with Crippen LogP contribution in [0.1, 0.15) is 54.4 Å². The molecule has 1 rings (SSSR count). The van der Waals surface area contributed by atoms with Crippen LogP contribution in [0, 0.1) is 24.9 Å². The predicted octanol–water partition coefficient (Wildman–Crippen LogP) is -1.07. The molecule has 223 valence electrons. The van der Waals surface area contributed by atoms with Gasteiger partial charge in [0.05, 0.1) is 0 Å². The van der Waals surface area contributed by atoms with E-state index in [9.17, 15) is 33.6 Å². The summed E-state index contributed by atoms with van der Waals surface area (Å²) in [5.74, 6) is -6.91. The summed E-state index contributed by atoms with van der Waals surface area (Å²) in [6.07, 6.45) is -2.15. The fraction of sp³-hybridized carbons (Fsp3) is 0.640. The maximum absolute atomic E-state index is 13.3. The van der Waals surface area contributed by atoms with Gasteiger partial charge >= 0.3 is 17.9 Å². The normalized spacial score (nSPS) is 17.8. The van der Waals surface area contributed by atoms with Crippen LogP contribution in [0.5, 0.6) is 0 Å². The number of likely N-dealkylation sites (tertiary alicyclic amines) is 1. The van der Waals surface area contributed by atoms with Crippen molar-refractivity contribution in [3.63, 3.8) is 0 Å². The van der Waals surface area contributed by atoms with Crippen molar-refractivity contribution in [3.8, 4) is 0 Å². The molecule has 1 saturated heterocycles. The summed E-state index contributed by atoms with van der Waals surface area (Å²) in [4.78, 5) is 86.8. The third-order valence-corrected chi connectivity index (χ3v) is 6.03. The zero-order valence-electron chi connectivity index (χ0n) is 23.4. The van der Waals surface area contributed by atoms with Crippen LogP contribution < -0.4 is 21.7 Å². The number of carboxylic acid groups (broad SMARTS) is 1. The van der Waals surface area contributed by atoms with Gasteiger partial charge in [-0.2, -0.15) is 0 Å². The van der Waals surface area contributed by atoms with E-state index in [4.69, 9.17) is 20.3 Å². The first-order chi connectivity index (χ1) is 18.6. The minimum atomic E-state index is -1.44. The standard InChI is InChI=1S/C25H38N5O10/c1-12(2)19(28-17(31)10-26)21(33)27-11-18(32)29-20(13(3)4)22(34)30-9-7-8-16(30)25(38)40-15(6)24(37)39-14(5)23(35)36/h10-16,19-20,26H,7-9H2,1-6H3,(H,27,33)(H,28,31)(H,29,32)(H,35,36). The van der Waals surface area contributed by atoms with E-state index < -0.39 is 77.8 Å². The molecule has 4 amide bonds. The predicted molar refractivity (Wildman–Crippen MR) is 137 cm³/mol. The van der Waals surface area contributed by atoms with E-state index in [0.29, 0.717) is 13.0 Å². The Labute approximate surface area is 232 Å². The van der Waals surface area contributed by atoms with Gasteiger partial charge in [0, 0.05) is 6.54 Å². The van der Waals surface area contributed by atoms with Crippen molar-refractivity contribution < 1.29 is 48.1 Å². The molecule has 0 aromatic carbocycles. The average Bonchev–Trinajstić information content (AvgIpc) is 3.38. The summed E-state index contributed by atoms with van der Waals surface area (Å²) >= 11 is 0. The largest absolute Gasteiger partial charge is 0.479 e. The number of ether oxygens (including phenoxy) is 2. The molecule has 0 aliphatic carbocycles. The van der Waals surface area contributed by atoms with Gasteiger partial charge < -0.3 is 35.4 Å². The number of amides is 4. The van der Waals surface area contributed by atoms with Crippen LogP contribution in [-0.4, -0.2) is 88.4 Å². The Morgan fingerprint density at radius 3 is 1.98 bits per heavy atom. The minimum absolute atomic E-state index is 0.190. The molecule has 0 aromatic heterocycles. The first-order valence-electron chi connectivity index (χ1n) is 12.8. The highest BCUT2D eigenvalue weighted by atomic mass is 16.6. The molecule has 0 saturated carbocycles. The Hall–Kier alpha value is -3.75. The quantitative estimate of drug-likeness (QED) is 0.186. The summed E-state index contributed by atoms with van der Waals surface area (Å²) in [5.41, 5.74) is 6.97. The smallest absolute Gasteiger partial charge is 0.347 e. The number of rotatable bonds is 14. The lowest BCUT2D eigenvalue weighted by Gasteiger charge is -2.30. The highest BCUT2D eigenvalue weighted by molar-refractivity contribution is 5.97. The topological polar surface area (TPSA) is 221 Å². The lowest BCUT2D eigenvalue weighted by molar-refractivity contribution is -0.177. The van der Waals surface area contributed by atoms with E-state index in [2.05, 4.69) is 16.0 Å². The second kappa shape index (κ2) is 15.7. The van der Waals surface area contributed by atoms with Crippen molar-refractivity contribution in [1.29, 1.82) is 0 Å². The highest BCUT2D eigenvalue weighted by Gasteiger charge is 2.40. The summed E-state index contributed by atoms with van der Waals surface area (Å²) in [7, 11) is 0. The summed E-state index contributed by atoms with van der Waals surface area (Å²) in [5, 5.41) is 16.0. The van der Waals surface area contributed by atoms with Crippen molar-refractivity contribution in [3.05, 3.63) is 13.1 Å². The van der Waals surface area contributed by atoms with Crippen molar-refractivity contribution in [2.24, 2.45) is 11.8 Å². The fourth-order valence-electron chi connectivity index (χ4n) is 3.74. The number of carboxylic acids is 1. The number of nitrogens with one attached hydrogen (secondary N) is 4. The van der Waals surface area contributed by atoms with E-state index in [0.717, 1.165) is 13.5 Å². The van der Waals surface area contributed by atoms with Gasteiger partial charge in [0.1, 0.15) is 31.2 Å². The van der Waals surface area contributed by atoms with Gasteiger partial charge in [0.15, 0.2) is 12.2 Å². The van der Waals surface area contributed by atoms with Crippen molar-refractivity contribution >= 4 is 41.5 Å². The molecule has 5 N–H and O–H groups in total. The van der Waals surface area contributed by atoms with Gasteiger partial charge in [-0.3, -0.25) is 19.2 Å². The average molecular weight is 569 g/mol. The Morgan fingerprint density at radius 2 is 1.45 bits per heavy atom. The van der Waals surface area contributed by atoms with E-state index in [1.54, 1.807) is 27.7 Å². The monoisotopic (exact) mass is 568 g/mol. The maximum Gasteiger partial charge on any atom is 0.347 e. The Balaban J connectivity index is 2.82. The first kappa shape index (κ1) is 34.3. The Bertz CT molecular complexity index is 970. The van der Waals surface area contributed by atoms with Crippen LogP contribution in [0.15, 0.2) is 0 Å². The molecule has 0 bridgehead atoms.